The summed E-state index contributed by atoms with van der Waals surface area (Å²) in [6, 6.07) is 12.8. The zero-order valence-electron chi connectivity index (χ0n) is 15.8. The third-order valence-electron chi connectivity index (χ3n) is 5.16. The average molecular weight is 368 g/mol. The third-order valence-corrected chi connectivity index (χ3v) is 5.16. The molecule has 0 radical (unpaired) electrons. The smallest absolute Gasteiger partial charge is 0.0966 e. The van der Waals surface area contributed by atoms with Gasteiger partial charge < -0.3 is 14.5 Å². The van der Waals surface area contributed by atoms with Crippen molar-refractivity contribution in [1.82, 2.24) is 24.1 Å². The summed E-state index contributed by atoms with van der Waals surface area (Å²) in [5.41, 5.74) is 7.30. The van der Waals surface area contributed by atoms with Crippen molar-refractivity contribution >= 4 is 27.6 Å². The minimum atomic E-state index is 0.693. The first kappa shape index (κ1) is 16.5. The molecular weight excluding hydrogens is 348 g/mol. The van der Waals surface area contributed by atoms with Crippen molar-refractivity contribution in [2.45, 2.75) is 6.54 Å². The molecule has 0 aliphatic carbocycles. The number of aryl methyl sites for hydroxylation is 2. The molecule has 5 rings (SSSR count). The summed E-state index contributed by atoms with van der Waals surface area (Å²) >= 11 is 0. The first-order valence-corrected chi connectivity index (χ1v) is 9.18. The molecule has 0 aliphatic heterocycles. The minimum absolute atomic E-state index is 0.693. The predicted molar refractivity (Wildman–Crippen MR) is 112 cm³/mol. The largest absolute Gasteiger partial charge is 0.379 e. The van der Waals surface area contributed by atoms with Crippen LogP contribution in [0.2, 0.25) is 0 Å². The highest BCUT2D eigenvalue weighted by Crippen LogP contribution is 2.32. The molecule has 0 atom stereocenters. The van der Waals surface area contributed by atoms with Gasteiger partial charge in [-0.3, -0.25) is 9.97 Å². The van der Waals surface area contributed by atoms with Crippen molar-refractivity contribution in [2.75, 3.05) is 5.32 Å². The fourth-order valence-corrected chi connectivity index (χ4v) is 3.57. The van der Waals surface area contributed by atoms with Gasteiger partial charge in [-0.05, 0) is 35.2 Å². The van der Waals surface area contributed by atoms with Crippen LogP contribution in [0.15, 0.2) is 67.5 Å². The zero-order valence-corrected chi connectivity index (χ0v) is 15.8. The number of benzene rings is 2. The molecule has 6 heteroatoms. The van der Waals surface area contributed by atoms with Gasteiger partial charge >= 0.3 is 0 Å². The maximum absolute atomic E-state index is 4.60. The monoisotopic (exact) mass is 368 g/mol. The molecule has 0 aliphatic rings. The van der Waals surface area contributed by atoms with E-state index in [1.807, 2.05) is 30.2 Å². The lowest BCUT2D eigenvalue weighted by Gasteiger charge is -2.12. The van der Waals surface area contributed by atoms with Gasteiger partial charge in [-0.25, -0.2) is 4.98 Å². The molecule has 6 nitrogen and oxygen atoms in total. The standard InChI is InChI=1S/C22H20N6/c1-27-8-5-15-3-4-16(9-21(15)27)19-10-17(11-20-22(19)25-7-6-24-20)26-13-18-12-23-14-28(18)2/h3-12,14,26H,13H2,1-2H3. The van der Waals surface area contributed by atoms with E-state index in [1.165, 1.54) is 10.9 Å². The molecule has 5 aromatic rings. The Labute approximate surface area is 162 Å². The summed E-state index contributed by atoms with van der Waals surface area (Å²) in [4.78, 5) is 13.3. The zero-order chi connectivity index (χ0) is 19.1. The second-order valence-corrected chi connectivity index (χ2v) is 7.00. The molecule has 0 spiro atoms. The lowest BCUT2D eigenvalue weighted by Crippen LogP contribution is -2.04. The summed E-state index contributed by atoms with van der Waals surface area (Å²) in [6.45, 7) is 0.693. The van der Waals surface area contributed by atoms with Gasteiger partial charge in [-0.15, -0.1) is 0 Å². The molecule has 0 amide bonds. The molecule has 138 valence electrons. The van der Waals surface area contributed by atoms with E-state index in [2.05, 4.69) is 68.4 Å². The van der Waals surface area contributed by atoms with Crippen molar-refractivity contribution in [1.29, 1.82) is 0 Å². The number of fused-ring (bicyclic) bond motifs is 2. The van der Waals surface area contributed by atoms with Gasteiger partial charge in [0.25, 0.3) is 0 Å². The van der Waals surface area contributed by atoms with Crippen molar-refractivity contribution in [3.05, 3.63) is 73.2 Å². The Morgan fingerprint density at radius 3 is 2.71 bits per heavy atom. The second-order valence-electron chi connectivity index (χ2n) is 7.00. The van der Waals surface area contributed by atoms with Crippen LogP contribution in [0.1, 0.15) is 5.69 Å². The first-order valence-electron chi connectivity index (χ1n) is 9.18. The molecule has 0 saturated heterocycles. The average Bonchev–Trinajstić information content (AvgIpc) is 3.31. The van der Waals surface area contributed by atoms with Gasteiger partial charge in [-0.1, -0.05) is 12.1 Å². The van der Waals surface area contributed by atoms with Gasteiger partial charge in [0.2, 0.25) is 0 Å². The highest BCUT2D eigenvalue weighted by atomic mass is 15.0. The van der Waals surface area contributed by atoms with E-state index in [0.29, 0.717) is 6.54 Å². The molecule has 3 aromatic heterocycles. The molecule has 1 N–H and O–H groups in total. The van der Waals surface area contributed by atoms with Crippen LogP contribution >= 0.6 is 0 Å². The van der Waals surface area contributed by atoms with Crippen LogP contribution in [-0.2, 0) is 20.6 Å². The van der Waals surface area contributed by atoms with Gasteiger partial charge in [-0.2, -0.15) is 0 Å². The third kappa shape index (κ3) is 2.79. The molecule has 3 heterocycles. The molecule has 0 unspecified atom stereocenters. The summed E-state index contributed by atoms with van der Waals surface area (Å²) in [7, 11) is 4.06. The maximum atomic E-state index is 4.60. The van der Waals surface area contributed by atoms with E-state index in [9.17, 15) is 0 Å². The number of nitrogens with one attached hydrogen (secondary N) is 1. The van der Waals surface area contributed by atoms with E-state index in [0.717, 1.165) is 33.5 Å². The van der Waals surface area contributed by atoms with Gasteiger partial charge in [0.15, 0.2) is 0 Å². The Morgan fingerprint density at radius 1 is 0.964 bits per heavy atom. The van der Waals surface area contributed by atoms with Gasteiger partial charge in [0, 0.05) is 55.7 Å². The Kier molecular flexibility index (Phi) is 3.83. The molecular formula is C22H20N6. The lowest BCUT2D eigenvalue weighted by atomic mass is 10.0. The van der Waals surface area contributed by atoms with Crippen LogP contribution in [0.25, 0.3) is 33.1 Å². The minimum Gasteiger partial charge on any atom is -0.379 e. The molecule has 0 bridgehead atoms. The Bertz CT molecular complexity index is 1300. The van der Waals surface area contributed by atoms with Crippen LogP contribution < -0.4 is 5.32 Å². The van der Waals surface area contributed by atoms with E-state index in [-0.39, 0.29) is 0 Å². The number of hydrogen-bond donors (Lipinski definition) is 1. The number of imidazole rings is 1. The van der Waals surface area contributed by atoms with Crippen molar-refractivity contribution in [2.24, 2.45) is 14.1 Å². The maximum Gasteiger partial charge on any atom is 0.0966 e. The molecule has 28 heavy (non-hydrogen) atoms. The van der Waals surface area contributed by atoms with E-state index < -0.39 is 0 Å². The van der Waals surface area contributed by atoms with Crippen LogP contribution in [0, 0.1) is 0 Å². The van der Waals surface area contributed by atoms with E-state index in [1.54, 1.807) is 12.4 Å². The highest BCUT2D eigenvalue weighted by Gasteiger charge is 2.11. The normalized spacial score (nSPS) is 11.4. The number of aromatic nitrogens is 5. The highest BCUT2D eigenvalue weighted by molar-refractivity contribution is 5.97. The van der Waals surface area contributed by atoms with Crippen molar-refractivity contribution in [3.8, 4) is 11.1 Å². The van der Waals surface area contributed by atoms with Crippen LogP contribution in [0.3, 0.4) is 0 Å². The summed E-state index contributed by atoms with van der Waals surface area (Å²) in [5.74, 6) is 0. The lowest BCUT2D eigenvalue weighted by molar-refractivity contribution is 0.837. The van der Waals surface area contributed by atoms with E-state index in [4.69, 9.17) is 0 Å². The predicted octanol–water partition coefficient (Wildman–Crippen LogP) is 4.13. The Morgan fingerprint density at radius 2 is 1.86 bits per heavy atom. The van der Waals surface area contributed by atoms with Gasteiger partial charge in [0.1, 0.15) is 0 Å². The van der Waals surface area contributed by atoms with Crippen LogP contribution in [-0.4, -0.2) is 24.1 Å². The van der Waals surface area contributed by atoms with Crippen molar-refractivity contribution < 1.29 is 0 Å². The number of nitrogens with zero attached hydrogens (tertiary/aromatic N) is 5. The Balaban J connectivity index is 1.61. The number of anilines is 1. The quantitative estimate of drug-likeness (QED) is 0.518. The SMILES string of the molecule is Cn1cncc1CNc1cc(-c2ccc3ccn(C)c3c2)c2nccnc2c1. The van der Waals surface area contributed by atoms with Crippen molar-refractivity contribution in [3.63, 3.8) is 0 Å². The first-order chi connectivity index (χ1) is 13.7. The molecule has 0 saturated carbocycles. The molecule has 2 aromatic carbocycles. The molecule has 0 fully saturated rings. The fraction of sp³-hybridized carbons (Fsp3) is 0.136. The summed E-state index contributed by atoms with van der Waals surface area (Å²) in [6.07, 6.45) is 9.24. The van der Waals surface area contributed by atoms with Gasteiger partial charge in [0.05, 0.1) is 29.6 Å². The number of rotatable bonds is 4. The van der Waals surface area contributed by atoms with E-state index >= 15 is 0 Å². The van der Waals surface area contributed by atoms with Crippen LogP contribution in [0.4, 0.5) is 5.69 Å². The fourth-order valence-electron chi connectivity index (χ4n) is 3.57. The number of hydrogen-bond acceptors (Lipinski definition) is 4. The summed E-state index contributed by atoms with van der Waals surface area (Å²) in [5, 5.41) is 4.73. The summed E-state index contributed by atoms with van der Waals surface area (Å²) < 4.78 is 4.15. The van der Waals surface area contributed by atoms with Crippen LogP contribution in [0.5, 0.6) is 0 Å². The Hall–Kier alpha value is -3.67. The second kappa shape index (κ2) is 6.49. The topological polar surface area (TPSA) is 60.6 Å².